The van der Waals surface area contributed by atoms with E-state index in [-0.39, 0.29) is 5.91 Å². The number of likely N-dealkylation sites (N-methyl/N-ethyl adjacent to an activating group) is 1. The minimum atomic E-state index is 0.0505. The number of nitrogen functional groups attached to an aromatic ring is 1. The smallest absolute Gasteiger partial charge is 0.270 e. The first kappa shape index (κ1) is 13.7. The summed E-state index contributed by atoms with van der Waals surface area (Å²) in [6, 6.07) is 12.5. The van der Waals surface area contributed by atoms with Gasteiger partial charge in [-0.2, -0.15) is 0 Å². The molecule has 1 heterocycles. The predicted molar refractivity (Wildman–Crippen MR) is 84.2 cm³/mol. The molecule has 4 nitrogen and oxygen atoms in total. The molecule has 2 N–H and O–H groups in total. The van der Waals surface area contributed by atoms with Crippen LogP contribution in [-0.4, -0.2) is 29.0 Å². The number of hydrogen-bond donors (Lipinski definition) is 1. The van der Waals surface area contributed by atoms with Crippen molar-refractivity contribution < 1.29 is 4.79 Å². The van der Waals surface area contributed by atoms with E-state index in [9.17, 15) is 4.79 Å². The van der Waals surface area contributed by atoms with Crippen molar-refractivity contribution in [1.82, 2.24) is 9.47 Å². The first-order chi connectivity index (χ1) is 10.1. The van der Waals surface area contributed by atoms with Crippen LogP contribution < -0.4 is 5.73 Å². The highest BCUT2D eigenvalue weighted by molar-refractivity contribution is 5.93. The molecule has 0 radical (unpaired) electrons. The van der Waals surface area contributed by atoms with Gasteiger partial charge in [-0.1, -0.05) is 30.3 Å². The van der Waals surface area contributed by atoms with Crippen LogP contribution in [0.2, 0.25) is 0 Å². The highest BCUT2D eigenvalue weighted by atomic mass is 16.2. The lowest BCUT2D eigenvalue weighted by Crippen LogP contribution is -2.30. The van der Waals surface area contributed by atoms with Crippen molar-refractivity contribution in [3.8, 4) is 0 Å². The topological polar surface area (TPSA) is 51.3 Å². The SMILES string of the molecule is CN(CCc1ccccc1)C(=O)c1cc(N)cn1C1CC1. The van der Waals surface area contributed by atoms with Crippen LogP contribution in [0.3, 0.4) is 0 Å². The van der Waals surface area contributed by atoms with Gasteiger partial charge in [-0.15, -0.1) is 0 Å². The first-order valence-electron chi connectivity index (χ1n) is 7.42. The standard InChI is InChI=1S/C17H21N3O/c1-19(10-9-13-5-3-2-4-6-13)17(21)16-11-14(18)12-20(16)15-7-8-15/h2-6,11-12,15H,7-10,18H2,1H3. The summed E-state index contributed by atoms with van der Waals surface area (Å²) in [6.07, 6.45) is 5.03. The van der Waals surface area contributed by atoms with Gasteiger partial charge >= 0.3 is 0 Å². The average Bonchev–Trinajstić information content (AvgIpc) is 3.27. The Kier molecular flexibility index (Phi) is 3.69. The molecule has 0 spiro atoms. The molecule has 1 fully saturated rings. The highest BCUT2D eigenvalue weighted by Crippen LogP contribution is 2.37. The monoisotopic (exact) mass is 283 g/mol. The third kappa shape index (κ3) is 3.10. The zero-order valence-electron chi connectivity index (χ0n) is 12.3. The largest absolute Gasteiger partial charge is 0.397 e. The minimum Gasteiger partial charge on any atom is -0.397 e. The summed E-state index contributed by atoms with van der Waals surface area (Å²) in [6.45, 7) is 0.707. The van der Waals surface area contributed by atoms with Crippen LogP contribution in [0.4, 0.5) is 5.69 Å². The third-order valence-corrected chi connectivity index (χ3v) is 3.95. The van der Waals surface area contributed by atoms with Gasteiger partial charge in [-0.25, -0.2) is 0 Å². The van der Waals surface area contributed by atoms with E-state index in [2.05, 4.69) is 12.1 Å². The highest BCUT2D eigenvalue weighted by Gasteiger charge is 2.28. The van der Waals surface area contributed by atoms with Crippen LogP contribution >= 0.6 is 0 Å². The number of carbonyl (C=O) groups excluding carboxylic acids is 1. The fraction of sp³-hybridized carbons (Fsp3) is 0.353. The van der Waals surface area contributed by atoms with Crippen LogP contribution in [-0.2, 0) is 6.42 Å². The second-order valence-electron chi connectivity index (χ2n) is 5.76. The van der Waals surface area contributed by atoms with Gasteiger partial charge < -0.3 is 15.2 Å². The van der Waals surface area contributed by atoms with E-state index in [1.165, 1.54) is 5.56 Å². The molecule has 0 unspecified atom stereocenters. The van der Waals surface area contributed by atoms with Crippen molar-refractivity contribution in [2.24, 2.45) is 0 Å². The second-order valence-corrected chi connectivity index (χ2v) is 5.76. The summed E-state index contributed by atoms with van der Waals surface area (Å²) < 4.78 is 2.04. The molecule has 21 heavy (non-hydrogen) atoms. The molecule has 0 saturated heterocycles. The molecule has 4 heteroatoms. The van der Waals surface area contributed by atoms with E-state index in [0.29, 0.717) is 24.0 Å². The van der Waals surface area contributed by atoms with Gasteiger partial charge in [-0.3, -0.25) is 4.79 Å². The van der Waals surface area contributed by atoms with E-state index in [0.717, 1.165) is 19.3 Å². The third-order valence-electron chi connectivity index (χ3n) is 3.95. The number of amides is 1. The summed E-state index contributed by atoms with van der Waals surface area (Å²) >= 11 is 0. The van der Waals surface area contributed by atoms with Gasteiger partial charge in [0.1, 0.15) is 5.69 Å². The molecule has 1 aliphatic rings. The van der Waals surface area contributed by atoms with Crippen LogP contribution in [0.5, 0.6) is 0 Å². The molecule has 0 atom stereocenters. The molecule has 1 aromatic heterocycles. The molecule has 1 saturated carbocycles. The van der Waals surface area contributed by atoms with Crippen molar-refractivity contribution >= 4 is 11.6 Å². The van der Waals surface area contributed by atoms with Gasteiger partial charge in [0.2, 0.25) is 0 Å². The number of aromatic nitrogens is 1. The number of benzene rings is 1. The second kappa shape index (κ2) is 5.64. The zero-order chi connectivity index (χ0) is 14.8. The molecular formula is C17H21N3O. The Morgan fingerprint density at radius 3 is 2.71 bits per heavy atom. The van der Waals surface area contributed by atoms with E-state index >= 15 is 0 Å². The Hall–Kier alpha value is -2.23. The molecule has 2 aromatic rings. The van der Waals surface area contributed by atoms with Crippen molar-refractivity contribution in [3.63, 3.8) is 0 Å². The van der Waals surface area contributed by atoms with Gasteiger partial charge in [0.25, 0.3) is 5.91 Å². The quantitative estimate of drug-likeness (QED) is 0.917. The zero-order valence-corrected chi connectivity index (χ0v) is 12.3. The number of carbonyl (C=O) groups is 1. The number of hydrogen-bond acceptors (Lipinski definition) is 2. The Bertz CT molecular complexity index is 629. The average molecular weight is 283 g/mol. The van der Waals surface area contributed by atoms with Crippen LogP contribution in [0.15, 0.2) is 42.6 Å². The van der Waals surface area contributed by atoms with Crippen molar-refractivity contribution in [2.45, 2.75) is 25.3 Å². The molecular weight excluding hydrogens is 262 g/mol. The lowest BCUT2D eigenvalue weighted by Gasteiger charge is -2.18. The molecule has 110 valence electrons. The lowest BCUT2D eigenvalue weighted by atomic mass is 10.1. The fourth-order valence-corrected chi connectivity index (χ4v) is 2.57. The number of anilines is 1. The number of nitrogens with zero attached hydrogens (tertiary/aromatic N) is 2. The van der Waals surface area contributed by atoms with Crippen molar-refractivity contribution in [3.05, 3.63) is 53.9 Å². The maximum absolute atomic E-state index is 12.6. The summed E-state index contributed by atoms with van der Waals surface area (Å²) in [7, 11) is 1.85. The van der Waals surface area contributed by atoms with Crippen LogP contribution in [0.25, 0.3) is 0 Å². The number of rotatable bonds is 5. The van der Waals surface area contributed by atoms with Gasteiger partial charge in [0.05, 0.1) is 5.69 Å². The number of nitrogens with two attached hydrogens (primary N) is 1. The van der Waals surface area contributed by atoms with Crippen LogP contribution in [0, 0.1) is 0 Å². The normalized spacial score (nSPS) is 14.1. The van der Waals surface area contributed by atoms with E-state index in [1.807, 2.05) is 36.0 Å². The lowest BCUT2D eigenvalue weighted by molar-refractivity contribution is 0.0786. The molecule has 0 bridgehead atoms. The maximum atomic E-state index is 12.6. The van der Waals surface area contributed by atoms with E-state index in [1.54, 1.807) is 11.0 Å². The predicted octanol–water partition coefficient (Wildman–Crippen LogP) is 2.72. The molecule has 0 aliphatic heterocycles. The maximum Gasteiger partial charge on any atom is 0.270 e. The minimum absolute atomic E-state index is 0.0505. The Labute approximate surface area is 125 Å². The van der Waals surface area contributed by atoms with Gasteiger partial charge in [0.15, 0.2) is 0 Å². The summed E-state index contributed by atoms with van der Waals surface area (Å²) in [5.74, 6) is 0.0505. The van der Waals surface area contributed by atoms with Crippen molar-refractivity contribution in [2.75, 3.05) is 19.3 Å². The first-order valence-corrected chi connectivity index (χ1v) is 7.42. The molecule has 1 aromatic carbocycles. The van der Waals surface area contributed by atoms with Crippen LogP contribution in [0.1, 0.15) is 34.9 Å². The van der Waals surface area contributed by atoms with Gasteiger partial charge in [0, 0.05) is 25.8 Å². The summed E-state index contributed by atoms with van der Waals surface area (Å²) in [4.78, 5) is 14.4. The van der Waals surface area contributed by atoms with E-state index in [4.69, 9.17) is 5.73 Å². The molecule has 3 rings (SSSR count). The Morgan fingerprint density at radius 1 is 1.33 bits per heavy atom. The Morgan fingerprint density at radius 2 is 2.05 bits per heavy atom. The Balaban J connectivity index is 1.67. The summed E-state index contributed by atoms with van der Waals surface area (Å²) in [5.41, 5.74) is 8.48. The molecule has 1 amide bonds. The molecule has 1 aliphatic carbocycles. The van der Waals surface area contributed by atoms with Gasteiger partial charge in [-0.05, 0) is 30.9 Å². The summed E-state index contributed by atoms with van der Waals surface area (Å²) in [5, 5.41) is 0. The van der Waals surface area contributed by atoms with E-state index < -0.39 is 0 Å². The fourth-order valence-electron chi connectivity index (χ4n) is 2.57. The van der Waals surface area contributed by atoms with Crippen molar-refractivity contribution in [1.29, 1.82) is 0 Å².